The molecule has 0 aliphatic rings. The largest absolute Gasteiger partial charge is 0.478 e. The minimum atomic E-state index is -1.00. The van der Waals surface area contributed by atoms with Crippen LogP contribution >= 0.6 is 0 Å². The van der Waals surface area contributed by atoms with Gasteiger partial charge in [0.2, 0.25) is 0 Å². The Bertz CT molecular complexity index is 3160. The van der Waals surface area contributed by atoms with Gasteiger partial charge in [0.1, 0.15) is 11.2 Å². The Labute approximate surface area is 498 Å². The van der Waals surface area contributed by atoms with Gasteiger partial charge in [-0.05, 0) is 163 Å². The number of nitrogens with two attached hydrogens (primary N) is 1. The Morgan fingerprint density at radius 3 is 1.15 bits per heavy atom. The lowest BCUT2D eigenvalue weighted by molar-refractivity contribution is 0.0517. The van der Waals surface area contributed by atoms with Gasteiger partial charge in [-0.2, -0.15) is 0 Å². The monoisotopic (exact) mass is 1160 g/mol. The summed E-state index contributed by atoms with van der Waals surface area (Å²) in [5.41, 5.74) is 14.3. The van der Waals surface area contributed by atoms with Crippen LogP contribution < -0.4 is 21.7 Å². The topological polar surface area (TPSA) is 253 Å². The van der Waals surface area contributed by atoms with E-state index in [-0.39, 0.29) is 17.6 Å². The Kier molecular flexibility index (Phi) is 26.5. The second-order valence-electron chi connectivity index (χ2n) is 21.2. The molecule has 0 saturated carbocycles. The number of ether oxygens (including phenoxy) is 2. The van der Waals surface area contributed by atoms with Crippen molar-refractivity contribution < 1.29 is 39.5 Å². The summed E-state index contributed by atoms with van der Waals surface area (Å²) in [7, 11) is -1.00. The molecule has 2 aromatic carbocycles. The molecule has 85 heavy (non-hydrogen) atoms. The van der Waals surface area contributed by atoms with Gasteiger partial charge < -0.3 is 36.3 Å². The number of hydrogen-bond donors (Lipinski definition) is 5. The Balaban J connectivity index is 0.000000254. The number of carboxylic acids is 1. The zero-order valence-corrected chi connectivity index (χ0v) is 49.0. The third-order valence-electron chi connectivity index (χ3n) is 11.7. The number of halogens is 1. The van der Waals surface area contributed by atoms with Gasteiger partial charge in [-0.25, -0.2) is 14.4 Å². The number of nitrogens with one attached hydrogen (secondary N) is 3. The van der Waals surface area contributed by atoms with Crippen LogP contribution in [0.1, 0.15) is 109 Å². The van der Waals surface area contributed by atoms with Crippen LogP contribution in [-0.2, 0) is 61.6 Å². The molecule has 446 valence electrons. The molecule has 0 aliphatic heterocycles. The van der Waals surface area contributed by atoms with Gasteiger partial charge in [-0.15, -0.1) is 0 Å². The molecule has 0 spiro atoms. The highest BCUT2D eigenvalue weighted by atomic mass is 19.1. The van der Waals surface area contributed by atoms with Gasteiger partial charge >= 0.3 is 18.2 Å². The number of amides is 3. The van der Waals surface area contributed by atoms with E-state index in [2.05, 4.69) is 55.7 Å². The van der Waals surface area contributed by atoms with Gasteiger partial charge in [-0.3, -0.25) is 48.9 Å². The van der Waals surface area contributed by atoms with Crippen molar-refractivity contribution in [3.63, 3.8) is 0 Å². The lowest BCUT2D eigenvalue weighted by Gasteiger charge is -2.21. The van der Waals surface area contributed by atoms with Gasteiger partial charge in [-0.1, -0.05) is 48.5 Å². The summed E-state index contributed by atoms with van der Waals surface area (Å²) < 4.78 is 25.9. The summed E-state index contributed by atoms with van der Waals surface area (Å²) >= 11 is 0. The number of nitrogen functional groups attached to an aromatic ring is 1. The molecule has 0 atom stereocenters. The van der Waals surface area contributed by atoms with Crippen LogP contribution in [0.3, 0.4) is 0 Å². The number of nitrogens with zero attached hydrogens (tertiary/aromatic N) is 8. The van der Waals surface area contributed by atoms with Crippen LogP contribution in [0.4, 0.5) is 25.4 Å². The van der Waals surface area contributed by atoms with Crippen molar-refractivity contribution in [3.05, 3.63) is 239 Å². The smallest absolute Gasteiger partial charge is 0.407 e. The summed E-state index contributed by atoms with van der Waals surface area (Å²) in [6.07, 6.45) is 10.7. The lowest BCUT2D eigenvalue weighted by Crippen LogP contribution is -2.33. The molecule has 19 nitrogen and oxygen atoms in total. The summed E-state index contributed by atoms with van der Waals surface area (Å²) in [4.78, 5) is 77.8. The highest BCUT2D eigenvalue weighted by molar-refractivity contribution is 6.04. The number of benzene rings is 2. The predicted octanol–water partition coefficient (Wildman–Crippen LogP) is 11.1. The minimum Gasteiger partial charge on any atom is -0.478 e. The molecule has 0 unspecified atom stereocenters. The summed E-state index contributed by atoms with van der Waals surface area (Å²) in [5, 5.41) is 17.4. The van der Waals surface area contributed by atoms with Gasteiger partial charge in [0.15, 0.2) is 0 Å². The van der Waals surface area contributed by atoms with Crippen LogP contribution in [0.2, 0.25) is 0 Å². The maximum Gasteiger partial charge on any atom is 0.407 e. The number of carboxylic acid groups (broad SMARTS) is 1. The molecular formula is C65H77FN12O7. The molecule has 0 saturated heterocycles. The lowest BCUT2D eigenvalue weighted by atomic mass is 10.1. The molecule has 6 heterocycles. The van der Waals surface area contributed by atoms with Crippen LogP contribution in [0.15, 0.2) is 183 Å². The highest BCUT2D eigenvalue weighted by Crippen LogP contribution is 2.17. The van der Waals surface area contributed by atoms with E-state index in [9.17, 15) is 23.6 Å². The fourth-order valence-electron chi connectivity index (χ4n) is 7.86. The molecule has 20 heteroatoms. The van der Waals surface area contributed by atoms with E-state index < -0.39 is 30.4 Å². The van der Waals surface area contributed by atoms with Crippen molar-refractivity contribution in [1.29, 1.82) is 0 Å². The normalized spacial score (nSPS) is 11.0. The summed E-state index contributed by atoms with van der Waals surface area (Å²) in [5.74, 6) is -1.21. The third-order valence-corrected chi connectivity index (χ3v) is 11.7. The van der Waals surface area contributed by atoms with Gasteiger partial charge in [0.05, 0.1) is 53.8 Å². The number of pyridine rings is 6. The zero-order chi connectivity index (χ0) is 62.2. The third kappa shape index (κ3) is 26.9. The Hall–Kier alpha value is -9.53. The molecule has 0 fully saturated rings. The minimum absolute atomic E-state index is 0.185. The fourth-order valence-corrected chi connectivity index (χ4v) is 7.86. The fraction of sp³-hybridized carbons (Fsp3) is 0.292. The van der Waals surface area contributed by atoms with Crippen LogP contribution in [0, 0.1) is 0 Å². The van der Waals surface area contributed by atoms with Crippen molar-refractivity contribution in [2.24, 2.45) is 0 Å². The summed E-state index contributed by atoms with van der Waals surface area (Å²) in [6.45, 7) is 15.8. The number of hydrogen-bond acceptors (Lipinski definition) is 15. The van der Waals surface area contributed by atoms with Crippen molar-refractivity contribution in [3.8, 4) is 0 Å². The van der Waals surface area contributed by atoms with Crippen LogP contribution in [0.25, 0.3) is 0 Å². The van der Waals surface area contributed by atoms with Crippen molar-refractivity contribution in [2.45, 2.75) is 105 Å². The quantitative estimate of drug-likeness (QED) is 0.0419. The van der Waals surface area contributed by atoms with E-state index >= 15 is 0 Å². The van der Waals surface area contributed by atoms with E-state index in [1.54, 1.807) is 49.2 Å². The Morgan fingerprint density at radius 1 is 0.506 bits per heavy atom. The number of alkyl halides is 1. The van der Waals surface area contributed by atoms with Crippen molar-refractivity contribution >= 4 is 35.4 Å². The molecule has 8 rings (SSSR count). The number of aromatic carboxylic acids is 1. The molecule has 6 aromatic heterocycles. The van der Waals surface area contributed by atoms with E-state index in [0.29, 0.717) is 70.0 Å². The highest BCUT2D eigenvalue weighted by Gasteiger charge is 2.18. The maximum atomic E-state index is 12.8. The van der Waals surface area contributed by atoms with E-state index in [1.165, 1.54) is 6.20 Å². The second kappa shape index (κ2) is 34.8. The molecule has 0 bridgehead atoms. The zero-order valence-electron chi connectivity index (χ0n) is 50.0. The predicted molar refractivity (Wildman–Crippen MR) is 326 cm³/mol. The summed E-state index contributed by atoms with van der Waals surface area (Å²) in [6, 6.07) is 45.5. The van der Waals surface area contributed by atoms with Crippen molar-refractivity contribution in [1.82, 2.24) is 50.3 Å². The van der Waals surface area contributed by atoms with Gasteiger partial charge in [0, 0.05) is 101 Å². The molecule has 3 amide bonds. The molecule has 8 aromatic rings. The first-order valence-corrected chi connectivity index (χ1v) is 27.4. The Morgan fingerprint density at radius 2 is 0.847 bits per heavy atom. The molecule has 0 radical (unpaired) electrons. The number of anilines is 2. The van der Waals surface area contributed by atoms with E-state index in [1.807, 2.05) is 169 Å². The SMILES string of the molecule is CC(C)(C)OC(=O)NCCc1ccc(N)cc1.CC(C)(C)OC(=O)NCCc1ccc(NC(=O)c2ccc(CN(Cc3ccccn3)Cc3ccccn3)nc2)cc1.O=C(O)c1ccc(CN(Cc2ccccn2)Cc2ccccn2)nc1.[2H]CF. The van der Waals surface area contributed by atoms with Gasteiger partial charge in [0.25, 0.3) is 5.91 Å². The first-order chi connectivity index (χ1) is 41.2. The first-order valence-electron chi connectivity index (χ1n) is 28.1. The maximum absolute atomic E-state index is 12.8. The van der Waals surface area contributed by atoms with Crippen LogP contribution in [-0.4, -0.2) is 100 Å². The van der Waals surface area contributed by atoms with E-state index in [4.69, 9.17) is 21.7 Å². The average molecular weight is 1160 g/mol. The standard InChI is InChI=1S/C32H36N6O3.C19H18N4O2.C13H20N2O2.CH3F/c1-32(2,3)41-31(40)35-19-16-24-10-13-26(14-11-24)37-30(39)25-12-15-29(36-20-25)23-38(21-27-8-4-6-17-33-27)22-28-9-5-7-18-34-28;24-19(25)15-7-8-18(22-11-15)14-23(12-16-5-1-3-9-20-16)13-17-6-2-4-10-21-17;1-13(2,3)17-12(16)15-9-8-10-4-6-11(14)7-5-10;1-2/h4-15,17-18,20H,16,19,21-23H2,1-3H3,(H,35,40)(H,37,39);1-11H,12-14H2,(H,24,25);4-7H,8-9,14H2,1-3H3,(H,15,16);1H3/i;;;1D. The number of rotatable bonds is 21. The molecule has 6 N–H and O–H groups in total. The van der Waals surface area contributed by atoms with E-state index in [0.717, 1.165) is 57.4 Å². The van der Waals surface area contributed by atoms with Crippen molar-refractivity contribution in [2.75, 3.05) is 31.3 Å². The first kappa shape index (κ1) is 64.6. The number of aromatic nitrogens is 6. The molecule has 0 aliphatic carbocycles. The second-order valence-corrected chi connectivity index (χ2v) is 21.2. The number of carbonyl (C=O) groups is 4. The molecular weight excluding hydrogens is 1080 g/mol. The average Bonchev–Trinajstić information content (AvgIpc) is 3.64. The number of alkyl carbamates (subject to hydrolysis) is 2. The van der Waals surface area contributed by atoms with Crippen LogP contribution in [0.5, 0.6) is 0 Å². The number of carbonyl (C=O) groups excluding carboxylic acids is 3.